The highest BCUT2D eigenvalue weighted by Gasteiger charge is 2.08. The second kappa shape index (κ2) is 5.83. The second-order valence-electron chi connectivity index (χ2n) is 4.20. The van der Waals surface area contributed by atoms with Crippen molar-refractivity contribution in [3.8, 4) is 5.95 Å². The maximum atomic E-state index is 4.36. The molecule has 3 heterocycles. The quantitative estimate of drug-likeness (QED) is 0.737. The van der Waals surface area contributed by atoms with Crippen molar-refractivity contribution in [1.29, 1.82) is 0 Å². The van der Waals surface area contributed by atoms with Crippen molar-refractivity contribution in [3.05, 3.63) is 34.5 Å². The first-order valence-corrected chi connectivity index (χ1v) is 7.21. The molecule has 0 bridgehead atoms. The lowest BCUT2D eigenvalue weighted by Crippen LogP contribution is -2.11. The van der Waals surface area contributed by atoms with Gasteiger partial charge in [-0.25, -0.2) is 9.67 Å². The number of hydrogen-bond acceptors (Lipinski definition) is 8. The molecule has 0 aliphatic carbocycles. The fourth-order valence-electron chi connectivity index (χ4n) is 1.70. The highest BCUT2D eigenvalue weighted by atomic mass is 32.1. The third kappa shape index (κ3) is 2.97. The van der Waals surface area contributed by atoms with Crippen molar-refractivity contribution < 1.29 is 0 Å². The lowest BCUT2D eigenvalue weighted by atomic mass is 10.4. The molecule has 0 aliphatic rings. The predicted octanol–water partition coefficient (Wildman–Crippen LogP) is 1.48. The minimum absolute atomic E-state index is 0.461. The van der Waals surface area contributed by atoms with Gasteiger partial charge in [-0.3, -0.25) is 0 Å². The van der Waals surface area contributed by atoms with Gasteiger partial charge in [-0.1, -0.05) is 0 Å². The summed E-state index contributed by atoms with van der Waals surface area (Å²) in [5.41, 5.74) is 2.84. The van der Waals surface area contributed by atoms with Crippen molar-refractivity contribution in [2.75, 3.05) is 17.7 Å². The van der Waals surface area contributed by atoms with Gasteiger partial charge < -0.3 is 10.6 Å². The minimum Gasteiger partial charge on any atom is -0.357 e. The number of nitrogens with one attached hydrogen (secondary N) is 2. The average Bonchev–Trinajstić information content (AvgIpc) is 3.16. The Morgan fingerprint density at radius 2 is 2.10 bits per heavy atom. The number of aromatic nitrogens is 6. The fourth-order valence-corrected chi connectivity index (χ4v) is 2.42. The first kappa shape index (κ1) is 13.4. The third-order valence-corrected chi connectivity index (χ3v) is 3.74. The average molecular weight is 302 g/mol. The van der Waals surface area contributed by atoms with Gasteiger partial charge in [-0.05, 0) is 13.0 Å². The summed E-state index contributed by atoms with van der Waals surface area (Å²) in [6.45, 7) is 2.61. The molecule has 0 fully saturated rings. The van der Waals surface area contributed by atoms with Crippen LogP contribution in [0, 0.1) is 6.92 Å². The van der Waals surface area contributed by atoms with Gasteiger partial charge in [-0.15, -0.1) is 11.3 Å². The Bertz CT molecular complexity index is 721. The highest BCUT2D eigenvalue weighted by Crippen LogP contribution is 2.14. The van der Waals surface area contributed by atoms with Gasteiger partial charge >= 0.3 is 0 Å². The predicted molar refractivity (Wildman–Crippen MR) is 80.7 cm³/mol. The summed E-state index contributed by atoms with van der Waals surface area (Å²) in [6, 6.07) is 1.82. The monoisotopic (exact) mass is 302 g/mol. The molecule has 0 amide bonds. The number of nitrogens with zero attached hydrogens (tertiary/aromatic N) is 6. The van der Waals surface area contributed by atoms with E-state index in [-0.39, 0.29) is 0 Å². The molecule has 0 spiro atoms. The number of hydrogen-bond donors (Lipinski definition) is 2. The minimum atomic E-state index is 0.461. The second-order valence-corrected chi connectivity index (χ2v) is 5.14. The first-order valence-electron chi connectivity index (χ1n) is 6.33. The van der Waals surface area contributed by atoms with Crippen LogP contribution in [-0.4, -0.2) is 36.8 Å². The van der Waals surface area contributed by atoms with Gasteiger partial charge in [0.1, 0.15) is 0 Å². The summed E-state index contributed by atoms with van der Waals surface area (Å²) in [6.07, 6.45) is 3.46. The smallest absolute Gasteiger partial charge is 0.257 e. The van der Waals surface area contributed by atoms with Crippen LogP contribution in [0.2, 0.25) is 0 Å². The molecule has 3 aromatic rings. The molecular weight excluding hydrogens is 288 g/mol. The van der Waals surface area contributed by atoms with E-state index < -0.39 is 0 Å². The zero-order valence-corrected chi connectivity index (χ0v) is 12.4. The molecule has 0 radical (unpaired) electrons. The summed E-state index contributed by atoms with van der Waals surface area (Å²) < 4.78 is 1.59. The Morgan fingerprint density at radius 3 is 2.76 bits per heavy atom. The molecule has 0 atom stereocenters. The van der Waals surface area contributed by atoms with Crippen LogP contribution in [0.1, 0.15) is 10.6 Å². The van der Waals surface area contributed by atoms with Crippen LogP contribution in [0.25, 0.3) is 5.95 Å². The maximum Gasteiger partial charge on any atom is 0.257 e. The van der Waals surface area contributed by atoms with E-state index in [4.69, 9.17) is 0 Å². The standard InChI is InChI=1S/C12H14N8S/c1-8-9(21-7-15-8)6-14-11-17-10(13-2)18-12(19-11)20-5-3-4-16-20/h3-5,7H,6H2,1-2H3,(H2,13,14,17,18,19). The third-order valence-electron chi connectivity index (χ3n) is 2.81. The van der Waals surface area contributed by atoms with E-state index >= 15 is 0 Å². The number of anilines is 2. The maximum absolute atomic E-state index is 4.36. The Balaban J connectivity index is 1.84. The lowest BCUT2D eigenvalue weighted by Gasteiger charge is -2.08. The van der Waals surface area contributed by atoms with E-state index in [0.29, 0.717) is 24.4 Å². The molecule has 0 aromatic carbocycles. The van der Waals surface area contributed by atoms with Crippen molar-refractivity contribution >= 4 is 23.2 Å². The fraction of sp³-hybridized carbons (Fsp3) is 0.250. The van der Waals surface area contributed by atoms with Crippen LogP contribution < -0.4 is 10.6 Å². The molecule has 9 heteroatoms. The summed E-state index contributed by atoms with van der Waals surface area (Å²) in [5, 5.41) is 10.2. The largest absolute Gasteiger partial charge is 0.357 e. The molecule has 21 heavy (non-hydrogen) atoms. The van der Waals surface area contributed by atoms with E-state index in [1.807, 2.05) is 18.5 Å². The molecule has 0 aliphatic heterocycles. The van der Waals surface area contributed by atoms with Gasteiger partial charge in [0.25, 0.3) is 5.95 Å². The van der Waals surface area contributed by atoms with Gasteiger partial charge in [0.15, 0.2) is 0 Å². The Morgan fingerprint density at radius 1 is 1.24 bits per heavy atom. The zero-order chi connectivity index (χ0) is 14.7. The van der Waals surface area contributed by atoms with E-state index in [0.717, 1.165) is 10.6 Å². The van der Waals surface area contributed by atoms with Crippen LogP contribution >= 0.6 is 11.3 Å². The Labute approximate surface area is 125 Å². The van der Waals surface area contributed by atoms with Crippen LogP contribution in [-0.2, 0) is 6.54 Å². The van der Waals surface area contributed by atoms with Crippen molar-refractivity contribution in [2.45, 2.75) is 13.5 Å². The van der Waals surface area contributed by atoms with Gasteiger partial charge in [0.2, 0.25) is 11.9 Å². The van der Waals surface area contributed by atoms with Crippen molar-refractivity contribution in [2.24, 2.45) is 0 Å². The molecule has 0 saturated heterocycles. The van der Waals surface area contributed by atoms with Crippen LogP contribution in [0.4, 0.5) is 11.9 Å². The number of rotatable bonds is 5. The van der Waals surface area contributed by atoms with Gasteiger partial charge in [-0.2, -0.15) is 20.1 Å². The lowest BCUT2D eigenvalue weighted by molar-refractivity contribution is 0.797. The molecule has 3 aromatic heterocycles. The number of thiazole rings is 1. The normalized spacial score (nSPS) is 10.6. The van der Waals surface area contributed by atoms with Crippen molar-refractivity contribution in [3.63, 3.8) is 0 Å². The summed E-state index contributed by atoms with van der Waals surface area (Å²) in [4.78, 5) is 18.3. The van der Waals surface area contributed by atoms with E-state index in [1.165, 1.54) is 0 Å². The van der Waals surface area contributed by atoms with Crippen molar-refractivity contribution in [1.82, 2.24) is 29.7 Å². The van der Waals surface area contributed by atoms with E-state index in [9.17, 15) is 0 Å². The number of aryl methyl sites for hydroxylation is 1. The molecule has 0 saturated carbocycles. The molecule has 108 valence electrons. The highest BCUT2D eigenvalue weighted by molar-refractivity contribution is 7.09. The van der Waals surface area contributed by atoms with E-state index in [1.54, 1.807) is 35.5 Å². The van der Waals surface area contributed by atoms with Crippen LogP contribution in [0.5, 0.6) is 0 Å². The molecule has 3 rings (SSSR count). The van der Waals surface area contributed by atoms with E-state index in [2.05, 4.69) is 35.7 Å². The molecule has 8 nitrogen and oxygen atoms in total. The van der Waals surface area contributed by atoms with Gasteiger partial charge in [0, 0.05) is 24.3 Å². The van der Waals surface area contributed by atoms with Crippen LogP contribution in [0.3, 0.4) is 0 Å². The molecular formula is C12H14N8S. The van der Waals surface area contributed by atoms with Gasteiger partial charge in [0.05, 0.1) is 17.7 Å². The Hall–Kier alpha value is -2.55. The molecule has 0 unspecified atom stereocenters. The van der Waals surface area contributed by atoms with Crippen LogP contribution in [0.15, 0.2) is 24.0 Å². The summed E-state index contributed by atoms with van der Waals surface area (Å²) in [7, 11) is 1.76. The first-order chi connectivity index (χ1) is 10.3. The zero-order valence-electron chi connectivity index (χ0n) is 11.6. The Kier molecular flexibility index (Phi) is 3.73. The molecule has 2 N–H and O–H groups in total. The SMILES string of the molecule is CNc1nc(NCc2scnc2C)nc(-n2cccn2)n1. The summed E-state index contributed by atoms with van der Waals surface area (Å²) >= 11 is 1.60. The summed E-state index contributed by atoms with van der Waals surface area (Å²) in [5.74, 6) is 1.44. The topological polar surface area (TPSA) is 93.4 Å².